The highest BCUT2D eigenvalue weighted by Crippen LogP contribution is 2.18. The second-order valence-electron chi connectivity index (χ2n) is 8.86. The Kier molecular flexibility index (Phi) is 14.1. The number of nitrogens with one attached hydrogen (secondary N) is 2. The Bertz CT molecular complexity index is 677. The van der Waals surface area contributed by atoms with Crippen molar-refractivity contribution in [2.45, 2.75) is 45.1 Å². The quantitative estimate of drug-likeness (QED) is 0.173. The van der Waals surface area contributed by atoms with Gasteiger partial charge in [0.2, 0.25) is 0 Å². The van der Waals surface area contributed by atoms with E-state index in [1.165, 1.54) is 30.6 Å². The molecule has 0 spiro atoms. The van der Waals surface area contributed by atoms with Gasteiger partial charge < -0.3 is 25.0 Å². The first-order valence-corrected chi connectivity index (χ1v) is 12.4. The maximum absolute atomic E-state index is 5.71. The molecule has 188 valence electrons. The number of anilines is 1. The molecule has 0 amide bonds. The van der Waals surface area contributed by atoms with Crippen LogP contribution in [0.15, 0.2) is 29.3 Å². The zero-order chi connectivity index (χ0) is 22.4. The topological polar surface area (TPSA) is 61.4 Å². The fourth-order valence-corrected chi connectivity index (χ4v) is 4.31. The molecule has 8 heteroatoms. The number of hydrogen-bond acceptors (Lipinski definition) is 5. The molecule has 1 atom stereocenters. The van der Waals surface area contributed by atoms with E-state index in [-0.39, 0.29) is 24.0 Å². The summed E-state index contributed by atoms with van der Waals surface area (Å²) < 4.78 is 11.3. The summed E-state index contributed by atoms with van der Waals surface area (Å²) in [6.45, 7) is 12.1. The molecule has 0 aromatic heterocycles. The SMILES string of the molecule is CN=C(NCCCCN1CCN(c2cccc(C)c2)CC1)NCCCOCC1CCCO1.I. The van der Waals surface area contributed by atoms with Crippen LogP contribution in [0, 0.1) is 6.92 Å². The third-order valence-corrected chi connectivity index (χ3v) is 6.24. The number of aryl methyl sites for hydroxylation is 1. The van der Waals surface area contributed by atoms with E-state index >= 15 is 0 Å². The molecule has 0 radical (unpaired) electrons. The van der Waals surface area contributed by atoms with Gasteiger partial charge in [-0.2, -0.15) is 0 Å². The Morgan fingerprint density at radius 1 is 1.12 bits per heavy atom. The number of halogens is 1. The van der Waals surface area contributed by atoms with Gasteiger partial charge in [0.1, 0.15) is 0 Å². The zero-order valence-electron chi connectivity index (χ0n) is 20.6. The minimum absolute atomic E-state index is 0. The van der Waals surface area contributed by atoms with Gasteiger partial charge >= 0.3 is 0 Å². The van der Waals surface area contributed by atoms with Crippen molar-refractivity contribution in [1.29, 1.82) is 0 Å². The first-order valence-electron chi connectivity index (χ1n) is 12.4. The predicted octanol–water partition coefficient (Wildman–Crippen LogP) is 3.27. The van der Waals surface area contributed by atoms with Crippen LogP contribution in [0.25, 0.3) is 0 Å². The van der Waals surface area contributed by atoms with Gasteiger partial charge in [0.15, 0.2) is 5.96 Å². The van der Waals surface area contributed by atoms with Crippen molar-refractivity contribution in [2.24, 2.45) is 4.99 Å². The number of hydrogen-bond donors (Lipinski definition) is 2. The highest BCUT2D eigenvalue weighted by molar-refractivity contribution is 14.0. The van der Waals surface area contributed by atoms with Crippen LogP contribution in [0.1, 0.15) is 37.7 Å². The molecular formula is C25H44IN5O2. The van der Waals surface area contributed by atoms with Crippen molar-refractivity contribution in [2.75, 3.05) is 77.6 Å². The van der Waals surface area contributed by atoms with Gasteiger partial charge in [-0.15, -0.1) is 24.0 Å². The molecule has 0 bridgehead atoms. The van der Waals surface area contributed by atoms with Gasteiger partial charge in [0.05, 0.1) is 12.7 Å². The van der Waals surface area contributed by atoms with Crippen LogP contribution in [0.5, 0.6) is 0 Å². The first-order chi connectivity index (χ1) is 15.7. The molecule has 3 rings (SSSR count). The summed E-state index contributed by atoms with van der Waals surface area (Å²) in [7, 11) is 1.83. The number of piperazine rings is 1. The van der Waals surface area contributed by atoms with Crippen LogP contribution >= 0.6 is 24.0 Å². The minimum Gasteiger partial charge on any atom is -0.379 e. The van der Waals surface area contributed by atoms with Crippen molar-refractivity contribution < 1.29 is 9.47 Å². The summed E-state index contributed by atoms with van der Waals surface area (Å²) in [6.07, 6.45) is 5.96. The summed E-state index contributed by atoms with van der Waals surface area (Å²) in [5, 5.41) is 6.80. The highest BCUT2D eigenvalue weighted by Gasteiger charge is 2.17. The van der Waals surface area contributed by atoms with Crippen molar-refractivity contribution in [3.05, 3.63) is 29.8 Å². The van der Waals surface area contributed by atoms with E-state index in [1.54, 1.807) is 0 Å². The maximum Gasteiger partial charge on any atom is 0.190 e. The lowest BCUT2D eigenvalue weighted by Gasteiger charge is -2.36. The lowest BCUT2D eigenvalue weighted by molar-refractivity contribution is 0.0168. The van der Waals surface area contributed by atoms with Crippen molar-refractivity contribution in [3.8, 4) is 0 Å². The number of nitrogens with zero attached hydrogens (tertiary/aromatic N) is 3. The molecule has 2 saturated heterocycles. The number of benzene rings is 1. The lowest BCUT2D eigenvalue weighted by Crippen LogP contribution is -2.46. The van der Waals surface area contributed by atoms with Crippen LogP contribution in [0.3, 0.4) is 0 Å². The Hall–Kier alpha value is -1.10. The smallest absolute Gasteiger partial charge is 0.190 e. The summed E-state index contributed by atoms with van der Waals surface area (Å²) in [4.78, 5) is 9.42. The predicted molar refractivity (Wildman–Crippen MR) is 148 cm³/mol. The molecule has 7 nitrogen and oxygen atoms in total. The molecule has 1 aromatic carbocycles. The van der Waals surface area contributed by atoms with Crippen LogP contribution in [0.4, 0.5) is 5.69 Å². The zero-order valence-corrected chi connectivity index (χ0v) is 22.9. The van der Waals surface area contributed by atoms with Gasteiger partial charge in [0.25, 0.3) is 0 Å². The average molecular weight is 574 g/mol. The van der Waals surface area contributed by atoms with E-state index in [1.807, 2.05) is 7.05 Å². The third-order valence-electron chi connectivity index (χ3n) is 6.24. The molecule has 2 aliphatic heterocycles. The fraction of sp³-hybridized carbons (Fsp3) is 0.720. The molecule has 1 unspecified atom stereocenters. The molecule has 1 aromatic rings. The second kappa shape index (κ2) is 16.5. The Morgan fingerprint density at radius 3 is 2.61 bits per heavy atom. The molecular weight excluding hydrogens is 529 g/mol. The van der Waals surface area contributed by atoms with E-state index in [0.717, 1.165) is 84.3 Å². The monoisotopic (exact) mass is 573 g/mol. The Morgan fingerprint density at radius 2 is 1.91 bits per heavy atom. The lowest BCUT2D eigenvalue weighted by atomic mass is 10.2. The standard InChI is InChI=1S/C25H43N5O2.HI/c1-22-8-5-9-23(20-22)30-16-14-29(15-17-30)13-4-3-11-27-25(26-2)28-12-7-18-31-21-24-10-6-19-32-24;/h5,8-9,20,24H,3-4,6-7,10-19,21H2,1-2H3,(H2,26,27,28);1H. The number of aliphatic imine (C=N–C) groups is 1. The highest BCUT2D eigenvalue weighted by atomic mass is 127. The van der Waals surface area contributed by atoms with Gasteiger partial charge in [0, 0.05) is 65.2 Å². The molecule has 2 N–H and O–H groups in total. The van der Waals surface area contributed by atoms with Gasteiger partial charge in [-0.05, 0) is 63.3 Å². The molecule has 2 heterocycles. The van der Waals surface area contributed by atoms with Crippen LogP contribution in [-0.4, -0.2) is 89.6 Å². The normalized spacial score (nSPS) is 19.4. The molecule has 33 heavy (non-hydrogen) atoms. The van der Waals surface area contributed by atoms with Gasteiger partial charge in [-0.3, -0.25) is 9.89 Å². The summed E-state index contributed by atoms with van der Waals surface area (Å²) in [6, 6.07) is 8.85. The minimum atomic E-state index is 0. The van der Waals surface area contributed by atoms with E-state index in [2.05, 4.69) is 56.6 Å². The van der Waals surface area contributed by atoms with Crippen molar-refractivity contribution >= 4 is 35.6 Å². The van der Waals surface area contributed by atoms with E-state index in [9.17, 15) is 0 Å². The largest absolute Gasteiger partial charge is 0.379 e. The molecule has 2 fully saturated rings. The van der Waals surface area contributed by atoms with Crippen LogP contribution < -0.4 is 15.5 Å². The molecule has 0 aliphatic carbocycles. The van der Waals surface area contributed by atoms with Crippen molar-refractivity contribution in [3.63, 3.8) is 0 Å². The van der Waals surface area contributed by atoms with E-state index < -0.39 is 0 Å². The van der Waals surface area contributed by atoms with Gasteiger partial charge in [-0.1, -0.05) is 12.1 Å². The number of rotatable bonds is 12. The van der Waals surface area contributed by atoms with E-state index in [4.69, 9.17) is 9.47 Å². The summed E-state index contributed by atoms with van der Waals surface area (Å²) in [5.74, 6) is 0.885. The van der Waals surface area contributed by atoms with Crippen molar-refractivity contribution in [1.82, 2.24) is 15.5 Å². The second-order valence-corrected chi connectivity index (χ2v) is 8.86. The maximum atomic E-state index is 5.71. The van der Waals surface area contributed by atoms with Gasteiger partial charge in [-0.25, -0.2) is 0 Å². The molecule has 2 aliphatic rings. The van der Waals surface area contributed by atoms with E-state index in [0.29, 0.717) is 6.10 Å². The fourth-order valence-electron chi connectivity index (χ4n) is 4.31. The Balaban J connectivity index is 0.00000385. The summed E-state index contributed by atoms with van der Waals surface area (Å²) in [5.41, 5.74) is 2.70. The third kappa shape index (κ3) is 10.8. The first kappa shape index (κ1) is 28.1. The van der Waals surface area contributed by atoms with Crippen LogP contribution in [-0.2, 0) is 9.47 Å². The number of ether oxygens (including phenoxy) is 2. The number of unbranched alkanes of at least 4 members (excludes halogenated alkanes) is 1. The van der Waals surface area contributed by atoms with Crippen LogP contribution in [0.2, 0.25) is 0 Å². The Labute approximate surface area is 217 Å². The molecule has 0 saturated carbocycles. The summed E-state index contributed by atoms with van der Waals surface area (Å²) >= 11 is 0. The number of guanidine groups is 1. The average Bonchev–Trinajstić information content (AvgIpc) is 3.33.